The van der Waals surface area contributed by atoms with Gasteiger partial charge >= 0.3 is 5.97 Å². The third kappa shape index (κ3) is 2.06. The number of hydrogen-bond donors (Lipinski definition) is 1. The van der Waals surface area contributed by atoms with Gasteiger partial charge < -0.3 is 9.72 Å². The van der Waals surface area contributed by atoms with Gasteiger partial charge in [-0.25, -0.2) is 13.6 Å². The molecular weight excluding hydrogens is 222 g/mol. The number of ether oxygens (including phenoxy) is 1. The van der Waals surface area contributed by atoms with Gasteiger partial charge in [0.2, 0.25) is 5.56 Å². The average Bonchev–Trinajstić information content (AvgIpc) is 2.26. The maximum Gasteiger partial charge on any atom is 0.355 e. The summed E-state index contributed by atoms with van der Waals surface area (Å²) in [5.41, 5.74) is -2.88. The number of aromatic nitrogens is 1. The van der Waals surface area contributed by atoms with Crippen molar-refractivity contribution >= 4 is 5.97 Å². The molecule has 0 saturated carbocycles. The monoisotopic (exact) mass is 228 g/mol. The molecule has 1 aromatic heterocycles. The van der Waals surface area contributed by atoms with Crippen molar-refractivity contribution in [3.8, 4) is 6.07 Å². The number of methoxy groups -OCH3 is 1. The van der Waals surface area contributed by atoms with Crippen molar-refractivity contribution in [2.24, 2.45) is 0 Å². The van der Waals surface area contributed by atoms with E-state index in [0.29, 0.717) is 6.07 Å². The van der Waals surface area contributed by atoms with Gasteiger partial charge in [0.25, 0.3) is 6.43 Å². The van der Waals surface area contributed by atoms with Gasteiger partial charge in [0, 0.05) is 6.07 Å². The number of aromatic amines is 1. The molecule has 0 unspecified atom stereocenters. The molecule has 0 aliphatic heterocycles. The van der Waals surface area contributed by atoms with Crippen LogP contribution < -0.4 is 5.56 Å². The number of H-pyrrole nitrogens is 1. The summed E-state index contributed by atoms with van der Waals surface area (Å²) in [5.74, 6) is -1.12. The lowest BCUT2D eigenvalue weighted by Crippen LogP contribution is -2.18. The van der Waals surface area contributed by atoms with Crippen molar-refractivity contribution in [2.45, 2.75) is 6.43 Å². The van der Waals surface area contributed by atoms with Gasteiger partial charge in [0.05, 0.1) is 24.3 Å². The topological polar surface area (TPSA) is 83.0 Å². The second-order valence-corrected chi connectivity index (χ2v) is 2.74. The van der Waals surface area contributed by atoms with E-state index in [9.17, 15) is 18.4 Å². The highest BCUT2D eigenvalue weighted by molar-refractivity contribution is 5.89. The maximum absolute atomic E-state index is 12.6. The molecule has 0 spiro atoms. The van der Waals surface area contributed by atoms with E-state index in [0.717, 1.165) is 7.11 Å². The first-order valence-corrected chi connectivity index (χ1v) is 4.05. The molecule has 1 N–H and O–H groups in total. The number of nitriles is 1. The molecule has 0 fully saturated rings. The fraction of sp³-hybridized carbons (Fsp3) is 0.222. The summed E-state index contributed by atoms with van der Waals surface area (Å²) in [6, 6.07) is 2.13. The van der Waals surface area contributed by atoms with E-state index in [2.05, 4.69) is 4.74 Å². The Balaban J connectivity index is 3.58. The first-order chi connectivity index (χ1) is 7.51. The Labute approximate surface area is 88.3 Å². The summed E-state index contributed by atoms with van der Waals surface area (Å²) >= 11 is 0. The van der Waals surface area contributed by atoms with Crippen molar-refractivity contribution in [3.63, 3.8) is 0 Å². The number of halogens is 2. The Morgan fingerprint density at radius 2 is 2.25 bits per heavy atom. The normalized spacial score (nSPS) is 9.94. The summed E-state index contributed by atoms with van der Waals surface area (Å²) in [7, 11) is 0.981. The number of rotatable bonds is 2. The van der Waals surface area contributed by atoms with E-state index in [1.54, 1.807) is 0 Å². The predicted molar refractivity (Wildman–Crippen MR) is 48.1 cm³/mol. The number of carbonyl (C=O) groups excluding carboxylic acids is 1. The zero-order valence-corrected chi connectivity index (χ0v) is 8.08. The maximum atomic E-state index is 12.6. The summed E-state index contributed by atoms with van der Waals surface area (Å²) in [6.45, 7) is 0. The predicted octanol–water partition coefficient (Wildman–Crippen LogP) is 0.971. The highest BCUT2D eigenvalue weighted by atomic mass is 19.3. The molecule has 16 heavy (non-hydrogen) atoms. The summed E-state index contributed by atoms with van der Waals surface area (Å²) in [5, 5.41) is 8.58. The van der Waals surface area contributed by atoms with Crippen LogP contribution in [0.5, 0.6) is 0 Å². The zero-order valence-electron chi connectivity index (χ0n) is 8.08. The molecule has 84 valence electrons. The quantitative estimate of drug-likeness (QED) is 0.764. The molecule has 5 nitrogen and oxygen atoms in total. The first kappa shape index (κ1) is 11.8. The van der Waals surface area contributed by atoms with Crippen molar-refractivity contribution in [1.29, 1.82) is 5.26 Å². The minimum atomic E-state index is -3.06. The molecule has 1 aromatic rings. The minimum Gasteiger partial charge on any atom is -0.464 e. The zero-order chi connectivity index (χ0) is 12.3. The van der Waals surface area contributed by atoms with Crippen LogP contribution in [0.1, 0.15) is 28.0 Å². The fourth-order valence-corrected chi connectivity index (χ4v) is 1.15. The molecule has 7 heteroatoms. The van der Waals surface area contributed by atoms with Crippen LogP contribution in [0.2, 0.25) is 0 Å². The van der Waals surface area contributed by atoms with E-state index in [-0.39, 0.29) is 0 Å². The molecule has 0 atom stereocenters. The smallest absolute Gasteiger partial charge is 0.355 e. The third-order valence-electron chi connectivity index (χ3n) is 1.81. The highest BCUT2D eigenvalue weighted by Gasteiger charge is 2.24. The second-order valence-electron chi connectivity index (χ2n) is 2.74. The van der Waals surface area contributed by atoms with Gasteiger partial charge in [-0.05, 0) is 0 Å². The van der Waals surface area contributed by atoms with Gasteiger partial charge in [-0.3, -0.25) is 4.79 Å². The summed E-state index contributed by atoms with van der Waals surface area (Å²) in [4.78, 5) is 24.1. The molecule has 0 saturated heterocycles. The van der Waals surface area contributed by atoms with Crippen molar-refractivity contribution < 1.29 is 18.3 Å². The largest absolute Gasteiger partial charge is 0.464 e. The highest BCUT2D eigenvalue weighted by Crippen LogP contribution is 2.24. The number of carbonyl (C=O) groups is 1. The van der Waals surface area contributed by atoms with Gasteiger partial charge in [-0.2, -0.15) is 5.26 Å². The van der Waals surface area contributed by atoms with Crippen LogP contribution in [-0.4, -0.2) is 18.1 Å². The van der Waals surface area contributed by atoms with Crippen LogP contribution in [0, 0.1) is 11.3 Å². The molecule has 0 bridgehead atoms. The first-order valence-electron chi connectivity index (χ1n) is 4.05. The Morgan fingerprint density at radius 1 is 1.62 bits per heavy atom. The van der Waals surface area contributed by atoms with E-state index in [1.807, 2.05) is 4.98 Å². The number of hydrogen-bond acceptors (Lipinski definition) is 4. The molecule has 0 aromatic carbocycles. The Hall–Kier alpha value is -2.23. The van der Waals surface area contributed by atoms with Crippen LogP contribution in [0.15, 0.2) is 10.9 Å². The molecule has 1 heterocycles. The number of esters is 1. The third-order valence-corrected chi connectivity index (χ3v) is 1.81. The molecule has 0 radical (unpaired) electrons. The molecule has 0 aliphatic rings. The van der Waals surface area contributed by atoms with Gasteiger partial charge in [0.1, 0.15) is 5.69 Å². The molecule has 0 aliphatic carbocycles. The summed E-state index contributed by atoms with van der Waals surface area (Å²) in [6.07, 6.45) is -3.06. The lowest BCUT2D eigenvalue weighted by molar-refractivity contribution is 0.0581. The van der Waals surface area contributed by atoms with Gasteiger partial charge in [-0.15, -0.1) is 0 Å². The van der Waals surface area contributed by atoms with Crippen LogP contribution in [0.3, 0.4) is 0 Å². The molecule has 0 amide bonds. The Kier molecular flexibility index (Phi) is 3.35. The Morgan fingerprint density at radius 3 is 2.69 bits per heavy atom. The van der Waals surface area contributed by atoms with E-state index < -0.39 is 34.8 Å². The molecular formula is C9H6F2N2O3. The van der Waals surface area contributed by atoms with Crippen molar-refractivity contribution in [3.05, 3.63) is 33.2 Å². The van der Waals surface area contributed by atoms with Crippen molar-refractivity contribution in [2.75, 3.05) is 7.11 Å². The number of nitrogens with one attached hydrogen (secondary N) is 1. The van der Waals surface area contributed by atoms with E-state index in [1.165, 1.54) is 6.07 Å². The van der Waals surface area contributed by atoms with E-state index >= 15 is 0 Å². The van der Waals surface area contributed by atoms with Crippen LogP contribution >= 0.6 is 0 Å². The van der Waals surface area contributed by atoms with E-state index in [4.69, 9.17) is 5.26 Å². The lowest BCUT2D eigenvalue weighted by Gasteiger charge is -2.07. The van der Waals surface area contributed by atoms with Crippen molar-refractivity contribution in [1.82, 2.24) is 4.98 Å². The number of pyridine rings is 1. The van der Waals surface area contributed by atoms with Crippen LogP contribution in [0.25, 0.3) is 0 Å². The van der Waals surface area contributed by atoms with Gasteiger partial charge in [-0.1, -0.05) is 0 Å². The average molecular weight is 228 g/mol. The van der Waals surface area contributed by atoms with Crippen LogP contribution in [-0.2, 0) is 4.74 Å². The SMILES string of the molecule is COC(=O)c1[nH]c(=O)cc(C#N)c1C(F)F. The second kappa shape index (κ2) is 4.53. The van der Waals surface area contributed by atoms with Crippen LogP contribution in [0.4, 0.5) is 8.78 Å². The molecule has 1 rings (SSSR count). The number of alkyl halides is 2. The number of nitrogens with zero attached hydrogens (tertiary/aromatic N) is 1. The fourth-order valence-electron chi connectivity index (χ4n) is 1.15. The summed E-state index contributed by atoms with van der Waals surface area (Å²) < 4.78 is 29.5. The Bertz CT molecular complexity index is 516. The standard InChI is InChI=1S/C9H6F2N2O3/c1-16-9(15)7-6(8(10)11)4(3-12)2-5(14)13-7/h2,8H,1H3,(H,13,14). The van der Waals surface area contributed by atoms with Gasteiger partial charge in [0.15, 0.2) is 0 Å². The lowest BCUT2D eigenvalue weighted by atomic mass is 10.1. The minimum absolute atomic E-state index is 0.542.